The second kappa shape index (κ2) is 7.68. The van der Waals surface area contributed by atoms with Crippen LogP contribution in [0.2, 0.25) is 0 Å². The summed E-state index contributed by atoms with van der Waals surface area (Å²) < 4.78 is 26.3. The van der Waals surface area contributed by atoms with E-state index in [9.17, 15) is 18.4 Å². The fourth-order valence-electron chi connectivity index (χ4n) is 2.13. The summed E-state index contributed by atoms with van der Waals surface area (Å²) in [5.41, 5.74) is 0.446. The highest BCUT2D eigenvalue weighted by Crippen LogP contribution is 2.09. The summed E-state index contributed by atoms with van der Waals surface area (Å²) in [6.07, 6.45) is 0. The molecule has 0 aliphatic rings. The van der Waals surface area contributed by atoms with Gasteiger partial charge in [-0.15, -0.1) is 0 Å². The predicted octanol–water partition coefficient (Wildman–Crippen LogP) is 2.86. The van der Waals surface area contributed by atoms with E-state index in [4.69, 9.17) is 0 Å². The molecule has 0 aliphatic heterocycles. The van der Waals surface area contributed by atoms with E-state index in [1.165, 1.54) is 41.3 Å². The fraction of sp³-hybridized carbons (Fsp3) is 0.222. The number of hydrogen-bond acceptors (Lipinski definition) is 2. The maximum atomic E-state index is 13.2. The first-order valence-electron chi connectivity index (χ1n) is 7.45. The normalized spacial score (nSPS) is 11.7. The standard InChI is InChI=1S/C18H18F2N2O2/c1-12(11-21-17(23)13-5-3-7-15(19)9-13)22(2)18(24)14-6-4-8-16(20)10-14/h3-10,12H,11H2,1-2H3,(H,21,23). The monoisotopic (exact) mass is 332 g/mol. The second-order valence-electron chi connectivity index (χ2n) is 5.50. The summed E-state index contributed by atoms with van der Waals surface area (Å²) in [6.45, 7) is 1.94. The first kappa shape index (κ1) is 17.6. The molecule has 126 valence electrons. The van der Waals surface area contributed by atoms with Gasteiger partial charge in [0.1, 0.15) is 11.6 Å². The Bertz CT molecular complexity index is 749. The third-order valence-electron chi connectivity index (χ3n) is 3.70. The van der Waals surface area contributed by atoms with Crippen LogP contribution >= 0.6 is 0 Å². The minimum absolute atomic E-state index is 0.187. The topological polar surface area (TPSA) is 49.4 Å². The number of carbonyl (C=O) groups excluding carboxylic acids is 2. The van der Waals surface area contributed by atoms with Gasteiger partial charge in [0.15, 0.2) is 0 Å². The van der Waals surface area contributed by atoms with E-state index < -0.39 is 17.5 Å². The number of amides is 2. The molecule has 2 amide bonds. The average molecular weight is 332 g/mol. The maximum absolute atomic E-state index is 13.2. The van der Waals surface area contributed by atoms with Crippen molar-refractivity contribution in [3.05, 3.63) is 71.3 Å². The zero-order chi connectivity index (χ0) is 17.7. The van der Waals surface area contributed by atoms with Crippen LogP contribution in [0.5, 0.6) is 0 Å². The molecule has 0 radical (unpaired) electrons. The lowest BCUT2D eigenvalue weighted by molar-refractivity contribution is 0.0731. The Morgan fingerprint density at radius 1 is 1.04 bits per heavy atom. The molecule has 6 heteroatoms. The van der Waals surface area contributed by atoms with Crippen LogP contribution in [0.15, 0.2) is 48.5 Å². The lowest BCUT2D eigenvalue weighted by atomic mass is 10.1. The van der Waals surface area contributed by atoms with E-state index >= 15 is 0 Å². The molecule has 2 aromatic carbocycles. The Labute approximate surface area is 139 Å². The van der Waals surface area contributed by atoms with Crippen LogP contribution in [0.4, 0.5) is 8.78 Å². The van der Waals surface area contributed by atoms with Gasteiger partial charge in [-0.05, 0) is 43.3 Å². The smallest absolute Gasteiger partial charge is 0.253 e. The van der Waals surface area contributed by atoms with Gasteiger partial charge in [0.25, 0.3) is 11.8 Å². The van der Waals surface area contributed by atoms with Crippen molar-refractivity contribution in [1.29, 1.82) is 0 Å². The van der Waals surface area contributed by atoms with Crippen molar-refractivity contribution in [3.63, 3.8) is 0 Å². The number of rotatable bonds is 5. The average Bonchev–Trinajstić information content (AvgIpc) is 2.58. The van der Waals surface area contributed by atoms with Crippen LogP contribution in [-0.2, 0) is 0 Å². The predicted molar refractivity (Wildman–Crippen MR) is 86.7 cm³/mol. The molecule has 4 nitrogen and oxygen atoms in total. The van der Waals surface area contributed by atoms with Gasteiger partial charge in [0, 0.05) is 30.8 Å². The molecule has 0 aromatic heterocycles. The molecule has 0 saturated heterocycles. The van der Waals surface area contributed by atoms with Gasteiger partial charge in [-0.2, -0.15) is 0 Å². The van der Waals surface area contributed by atoms with Crippen LogP contribution in [0, 0.1) is 11.6 Å². The molecule has 2 aromatic rings. The van der Waals surface area contributed by atoms with E-state index in [0.717, 1.165) is 12.1 Å². The summed E-state index contributed by atoms with van der Waals surface area (Å²) in [6, 6.07) is 10.5. The lowest BCUT2D eigenvalue weighted by Crippen LogP contribution is -2.43. The number of hydrogen-bond donors (Lipinski definition) is 1. The van der Waals surface area contributed by atoms with Gasteiger partial charge < -0.3 is 10.2 Å². The van der Waals surface area contributed by atoms with E-state index in [-0.39, 0.29) is 29.6 Å². The van der Waals surface area contributed by atoms with Crippen molar-refractivity contribution in [2.45, 2.75) is 13.0 Å². The third-order valence-corrected chi connectivity index (χ3v) is 3.70. The molecule has 1 atom stereocenters. The quantitative estimate of drug-likeness (QED) is 0.915. The highest BCUT2D eigenvalue weighted by atomic mass is 19.1. The van der Waals surface area contributed by atoms with Gasteiger partial charge >= 0.3 is 0 Å². The summed E-state index contributed by atoms with van der Waals surface area (Å²) in [7, 11) is 1.58. The van der Waals surface area contributed by atoms with E-state index in [1.54, 1.807) is 14.0 Å². The SMILES string of the molecule is CC(CNC(=O)c1cccc(F)c1)N(C)C(=O)c1cccc(F)c1. The van der Waals surface area contributed by atoms with Crippen LogP contribution in [0.3, 0.4) is 0 Å². The molecule has 0 heterocycles. The molecule has 1 N–H and O–H groups in total. The van der Waals surface area contributed by atoms with Gasteiger partial charge in [-0.3, -0.25) is 9.59 Å². The molecular formula is C18H18F2N2O2. The number of likely N-dealkylation sites (N-methyl/N-ethyl adjacent to an activating group) is 1. The molecule has 0 bridgehead atoms. The summed E-state index contributed by atoms with van der Waals surface area (Å²) in [4.78, 5) is 25.7. The molecular weight excluding hydrogens is 314 g/mol. The number of halogens is 2. The zero-order valence-electron chi connectivity index (χ0n) is 13.4. The minimum atomic E-state index is -0.492. The zero-order valence-corrected chi connectivity index (χ0v) is 13.4. The van der Waals surface area contributed by atoms with Crippen LogP contribution in [-0.4, -0.2) is 36.3 Å². The molecule has 0 aliphatic carbocycles. The Morgan fingerprint density at radius 2 is 1.58 bits per heavy atom. The van der Waals surface area contributed by atoms with E-state index in [0.29, 0.717) is 0 Å². The summed E-state index contributed by atoms with van der Waals surface area (Å²) in [5, 5.41) is 2.65. The van der Waals surface area contributed by atoms with Crippen LogP contribution in [0.1, 0.15) is 27.6 Å². The van der Waals surface area contributed by atoms with Gasteiger partial charge in [0.2, 0.25) is 0 Å². The minimum Gasteiger partial charge on any atom is -0.350 e. The maximum Gasteiger partial charge on any atom is 0.253 e. The van der Waals surface area contributed by atoms with Crippen LogP contribution < -0.4 is 5.32 Å². The molecule has 1 unspecified atom stereocenters. The van der Waals surface area contributed by atoms with Crippen molar-refractivity contribution in [3.8, 4) is 0 Å². The lowest BCUT2D eigenvalue weighted by Gasteiger charge is -2.25. The summed E-state index contributed by atoms with van der Waals surface area (Å²) in [5.74, 6) is -1.75. The Balaban J connectivity index is 1.95. The Morgan fingerprint density at radius 3 is 2.17 bits per heavy atom. The van der Waals surface area contributed by atoms with E-state index in [1.807, 2.05) is 0 Å². The number of benzene rings is 2. The Hall–Kier alpha value is -2.76. The molecule has 0 fully saturated rings. The number of nitrogens with zero attached hydrogens (tertiary/aromatic N) is 1. The highest BCUT2D eigenvalue weighted by molar-refractivity contribution is 5.95. The van der Waals surface area contributed by atoms with Crippen LogP contribution in [0.25, 0.3) is 0 Å². The third kappa shape index (κ3) is 4.38. The van der Waals surface area contributed by atoms with E-state index in [2.05, 4.69) is 5.32 Å². The highest BCUT2D eigenvalue weighted by Gasteiger charge is 2.18. The van der Waals surface area contributed by atoms with Crippen molar-refractivity contribution in [1.82, 2.24) is 10.2 Å². The second-order valence-corrected chi connectivity index (χ2v) is 5.50. The molecule has 0 saturated carbocycles. The van der Waals surface area contributed by atoms with Gasteiger partial charge in [0.05, 0.1) is 0 Å². The number of carbonyl (C=O) groups is 2. The van der Waals surface area contributed by atoms with Gasteiger partial charge in [-0.25, -0.2) is 8.78 Å². The fourth-order valence-corrected chi connectivity index (χ4v) is 2.13. The van der Waals surface area contributed by atoms with Crippen molar-refractivity contribution < 1.29 is 18.4 Å². The summed E-state index contributed by atoms with van der Waals surface area (Å²) >= 11 is 0. The first-order valence-corrected chi connectivity index (χ1v) is 7.45. The largest absolute Gasteiger partial charge is 0.350 e. The van der Waals surface area contributed by atoms with Crippen molar-refractivity contribution >= 4 is 11.8 Å². The first-order chi connectivity index (χ1) is 11.4. The Kier molecular flexibility index (Phi) is 5.63. The van der Waals surface area contributed by atoms with Gasteiger partial charge in [-0.1, -0.05) is 12.1 Å². The molecule has 0 spiro atoms. The van der Waals surface area contributed by atoms with Crippen molar-refractivity contribution in [2.24, 2.45) is 0 Å². The molecule has 2 rings (SSSR count). The van der Waals surface area contributed by atoms with Crippen molar-refractivity contribution in [2.75, 3.05) is 13.6 Å². The number of nitrogens with one attached hydrogen (secondary N) is 1. The molecule has 24 heavy (non-hydrogen) atoms.